The first-order chi connectivity index (χ1) is 14.9. The van der Waals surface area contributed by atoms with Crippen molar-refractivity contribution in [3.8, 4) is 11.3 Å². The molecule has 4 rings (SSSR count). The van der Waals surface area contributed by atoms with E-state index in [1.165, 1.54) is 13.1 Å². The van der Waals surface area contributed by atoms with Crippen molar-refractivity contribution < 1.29 is 31.1 Å². The van der Waals surface area contributed by atoms with E-state index in [0.29, 0.717) is 36.7 Å². The van der Waals surface area contributed by atoms with Gasteiger partial charge in [-0.25, -0.2) is 0 Å². The number of hydrogen-bond donors (Lipinski definition) is 2. The van der Waals surface area contributed by atoms with Crippen molar-refractivity contribution in [3.63, 3.8) is 0 Å². The number of alkyl halides is 6. The fourth-order valence-corrected chi connectivity index (χ4v) is 3.78. The van der Waals surface area contributed by atoms with Crippen LogP contribution in [0.5, 0.6) is 0 Å². The Morgan fingerprint density at radius 1 is 1.12 bits per heavy atom. The number of pyridine rings is 1. The number of carbonyl (C=O) groups excluding carboxylic acids is 1. The summed E-state index contributed by atoms with van der Waals surface area (Å²) >= 11 is 0. The number of H-pyrrole nitrogens is 1. The maximum Gasteiger partial charge on any atom is 0.435 e. The smallest absolute Gasteiger partial charge is 0.356 e. The van der Waals surface area contributed by atoms with Gasteiger partial charge in [0.1, 0.15) is 11.4 Å². The first kappa shape index (κ1) is 21.9. The molecule has 0 fully saturated rings. The molecule has 1 atom stereocenters. The Morgan fingerprint density at radius 2 is 1.84 bits per heavy atom. The average Bonchev–Trinajstić information content (AvgIpc) is 3.32. The van der Waals surface area contributed by atoms with Crippen LogP contribution in [0.4, 0.5) is 26.3 Å². The van der Waals surface area contributed by atoms with Crippen molar-refractivity contribution in [2.24, 2.45) is 7.05 Å². The first-order valence-corrected chi connectivity index (χ1v) is 9.61. The molecule has 3 heterocycles. The van der Waals surface area contributed by atoms with Crippen LogP contribution in [0.25, 0.3) is 11.3 Å². The number of aromatic nitrogens is 4. The van der Waals surface area contributed by atoms with Crippen LogP contribution in [0.3, 0.4) is 0 Å². The molecule has 2 N–H and O–H groups in total. The lowest BCUT2D eigenvalue weighted by atomic mass is 9.93. The van der Waals surface area contributed by atoms with Crippen molar-refractivity contribution in [2.75, 3.05) is 0 Å². The molecule has 12 heteroatoms. The molecule has 1 aliphatic rings. The molecule has 32 heavy (non-hydrogen) atoms. The number of halogens is 6. The highest BCUT2D eigenvalue weighted by atomic mass is 19.4. The molecule has 0 saturated carbocycles. The van der Waals surface area contributed by atoms with Crippen LogP contribution in [0.15, 0.2) is 30.5 Å². The van der Waals surface area contributed by atoms with Crippen LogP contribution in [-0.4, -0.2) is 25.7 Å². The summed E-state index contributed by atoms with van der Waals surface area (Å²) in [6, 6.07) is 4.23. The van der Waals surface area contributed by atoms with Crippen molar-refractivity contribution in [1.82, 2.24) is 25.1 Å². The van der Waals surface area contributed by atoms with E-state index in [4.69, 9.17) is 0 Å². The van der Waals surface area contributed by atoms with Gasteiger partial charge in [0.15, 0.2) is 5.69 Å². The van der Waals surface area contributed by atoms with Gasteiger partial charge in [-0.1, -0.05) is 0 Å². The van der Waals surface area contributed by atoms with Gasteiger partial charge in [0.25, 0.3) is 5.91 Å². The van der Waals surface area contributed by atoms with Crippen molar-refractivity contribution in [2.45, 2.75) is 37.7 Å². The van der Waals surface area contributed by atoms with Crippen molar-refractivity contribution in [3.05, 3.63) is 58.8 Å². The van der Waals surface area contributed by atoms with E-state index >= 15 is 0 Å². The summed E-state index contributed by atoms with van der Waals surface area (Å²) in [7, 11) is 1.24. The zero-order valence-corrected chi connectivity index (χ0v) is 16.6. The maximum atomic E-state index is 13.0. The second-order valence-electron chi connectivity index (χ2n) is 7.50. The van der Waals surface area contributed by atoms with E-state index < -0.39 is 35.7 Å². The number of aryl methyl sites for hydroxylation is 2. The third-order valence-corrected chi connectivity index (χ3v) is 5.29. The minimum Gasteiger partial charge on any atom is -0.356 e. The number of fused-ring (bicyclic) bond motifs is 1. The number of hydrogen-bond acceptors (Lipinski definition) is 3. The van der Waals surface area contributed by atoms with Gasteiger partial charge < -0.3 is 10.3 Å². The molecule has 1 aliphatic carbocycles. The summed E-state index contributed by atoms with van der Waals surface area (Å²) in [4.78, 5) is 19.0. The largest absolute Gasteiger partial charge is 0.435 e. The van der Waals surface area contributed by atoms with Crippen LogP contribution in [-0.2, 0) is 25.8 Å². The highest BCUT2D eigenvalue weighted by Gasteiger charge is 2.36. The van der Waals surface area contributed by atoms with Gasteiger partial charge in [0.05, 0.1) is 6.04 Å². The minimum atomic E-state index is -4.68. The Kier molecular flexibility index (Phi) is 5.25. The monoisotopic (exact) mass is 457 g/mol. The zero-order chi connectivity index (χ0) is 23.3. The molecular formula is C20H17F6N5O. The van der Waals surface area contributed by atoms with Gasteiger partial charge in [-0.2, -0.15) is 31.4 Å². The van der Waals surface area contributed by atoms with E-state index in [-0.39, 0.29) is 11.3 Å². The van der Waals surface area contributed by atoms with Crippen LogP contribution in [0, 0.1) is 0 Å². The average molecular weight is 457 g/mol. The maximum absolute atomic E-state index is 13.0. The summed E-state index contributed by atoms with van der Waals surface area (Å²) < 4.78 is 78.5. The summed E-state index contributed by atoms with van der Waals surface area (Å²) in [6.07, 6.45) is -6.33. The van der Waals surface area contributed by atoms with E-state index in [9.17, 15) is 31.1 Å². The number of amides is 1. The molecule has 0 saturated heterocycles. The quantitative estimate of drug-likeness (QED) is 0.562. The predicted molar refractivity (Wildman–Crippen MR) is 100 cm³/mol. The second kappa shape index (κ2) is 7.68. The molecule has 0 spiro atoms. The van der Waals surface area contributed by atoms with Gasteiger partial charge in [0.2, 0.25) is 0 Å². The molecule has 0 aromatic carbocycles. The molecule has 0 unspecified atom stereocenters. The van der Waals surface area contributed by atoms with Gasteiger partial charge in [0, 0.05) is 36.3 Å². The summed E-state index contributed by atoms with van der Waals surface area (Å²) in [5.41, 5.74) is -0.289. The van der Waals surface area contributed by atoms with Crippen LogP contribution in [0.1, 0.15) is 52.0 Å². The number of aromatic amines is 1. The topological polar surface area (TPSA) is 75.6 Å². The SMILES string of the molecule is Cn1nc(C(F)(F)F)cc1C(=O)N[C@H]1CCCc2cc(-c3ccnc(C(F)(F)F)c3)[nH]c21. The highest BCUT2D eigenvalue weighted by molar-refractivity contribution is 5.93. The normalized spacial score (nSPS) is 16.7. The Morgan fingerprint density at radius 3 is 2.50 bits per heavy atom. The molecule has 0 aliphatic heterocycles. The summed E-state index contributed by atoms with van der Waals surface area (Å²) in [6.45, 7) is 0. The standard InChI is InChI=1S/C20H17F6N5O/c1-31-14(9-16(30-31)20(24,25)26)18(32)29-12-4-2-3-11-7-13(28-17(11)12)10-5-6-27-15(8-10)19(21,22)23/h5-9,12,28H,2-4H2,1H3,(H,29,32)/t12-/m0/s1. The molecule has 3 aromatic heterocycles. The second-order valence-corrected chi connectivity index (χ2v) is 7.50. The molecule has 3 aromatic rings. The van der Waals surface area contributed by atoms with Gasteiger partial charge >= 0.3 is 12.4 Å². The molecule has 170 valence electrons. The lowest BCUT2D eigenvalue weighted by molar-refractivity contribution is -0.142. The fourth-order valence-electron chi connectivity index (χ4n) is 3.78. The summed E-state index contributed by atoms with van der Waals surface area (Å²) in [5, 5.41) is 6.04. The van der Waals surface area contributed by atoms with Crippen LogP contribution < -0.4 is 5.32 Å². The number of rotatable bonds is 3. The molecule has 0 radical (unpaired) electrons. The van der Waals surface area contributed by atoms with Gasteiger partial charge in [-0.05, 0) is 43.0 Å². The lowest BCUT2D eigenvalue weighted by Gasteiger charge is -2.23. The number of carbonyl (C=O) groups is 1. The Hall–Kier alpha value is -3.31. The fraction of sp³-hybridized carbons (Fsp3) is 0.350. The molecule has 1 amide bonds. The van der Waals surface area contributed by atoms with Crippen molar-refractivity contribution >= 4 is 5.91 Å². The minimum absolute atomic E-state index is 0.250. The Balaban J connectivity index is 1.60. The summed E-state index contributed by atoms with van der Waals surface area (Å²) in [5.74, 6) is -0.729. The van der Waals surface area contributed by atoms with Crippen LogP contribution in [0.2, 0.25) is 0 Å². The zero-order valence-electron chi connectivity index (χ0n) is 16.6. The highest BCUT2D eigenvalue weighted by Crippen LogP contribution is 2.35. The van der Waals surface area contributed by atoms with E-state index in [1.807, 2.05) is 0 Å². The Bertz CT molecular complexity index is 1160. The first-order valence-electron chi connectivity index (χ1n) is 9.61. The third-order valence-electron chi connectivity index (χ3n) is 5.29. The van der Waals surface area contributed by atoms with E-state index in [0.717, 1.165) is 22.5 Å². The molecule has 0 bridgehead atoms. The predicted octanol–water partition coefficient (Wildman–Crippen LogP) is 4.66. The van der Waals surface area contributed by atoms with E-state index in [2.05, 4.69) is 20.4 Å². The third kappa shape index (κ3) is 4.21. The van der Waals surface area contributed by atoms with Crippen LogP contribution >= 0.6 is 0 Å². The number of nitrogens with one attached hydrogen (secondary N) is 2. The molecule has 6 nitrogen and oxygen atoms in total. The van der Waals surface area contributed by atoms with E-state index in [1.54, 1.807) is 6.07 Å². The van der Waals surface area contributed by atoms with Gasteiger partial charge in [-0.15, -0.1) is 0 Å². The van der Waals surface area contributed by atoms with Crippen molar-refractivity contribution in [1.29, 1.82) is 0 Å². The van der Waals surface area contributed by atoms with Gasteiger partial charge in [-0.3, -0.25) is 14.5 Å². The lowest BCUT2D eigenvalue weighted by Crippen LogP contribution is -2.32. The Labute approximate surface area is 177 Å². The number of nitrogens with zero attached hydrogens (tertiary/aromatic N) is 3. The molecular weight excluding hydrogens is 440 g/mol.